The first-order valence-corrected chi connectivity index (χ1v) is 9.34. The van der Waals surface area contributed by atoms with Crippen LogP contribution in [0, 0.1) is 5.41 Å². The molecule has 0 spiro atoms. The average molecular weight is 344 g/mol. The molecule has 2 heterocycles. The highest BCUT2D eigenvalue weighted by Gasteiger charge is 2.51. The van der Waals surface area contributed by atoms with Gasteiger partial charge in [0.2, 0.25) is 0 Å². The van der Waals surface area contributed by atoms with E-state index in [0.717, 1.165) is 55.9 Å². The van der Waals surface area contributed by atoms with E-state index >= 15 is 0 Å². The molecule has 136 valence electrons. The predicted octanol–water partition coefficient (Wildman–Crippen LogP) is 3.79. The van der Waals surface area contributed by atoms with Crippen LogP contribution in [0.5, 0.6) is 11.5 Å². The maximum Gasteiger partial charge on any atom is 0.161 e. The minimum Gasteiger partial charge on any atom is -0.493 e. The van der Waals surface area contributed by atoms with Crippen LogP contribution in [-0.2, 0) is 6.42 Å². The molecular weight excluding hydrogens is 316 g/mol. The van der Waals surface area contributed by atoms with Gasteiger partial charge in [-0.1, -0.05) is 12.1 Å². The Kier molecular flexibility index (Phi) is 4.14. The smallest absolute Gasteiger partial charge is 0.161 e. The first kappa shape index (κ1) is 16.7. The average Bonchev–Trinajstić information content (AvgIpc) is 2.65. The third kappa shape index (κ3) is 2.43. The van der Waals surface area contributed by atoms with E-state index in [1.807, 2.05) is 0 Å². The summed E-state index contributed by atoms with van der Waals surface area (Å²) in [6.07, 6.45) is 6.44. The van der Waals surface area contributed by atoms with E-state index in [4.69, 9.17) is 9.47 Å². The van der Waals surface area contributed by atoms with Gasteiger partial charge in [0.1, 0.15) is 0 Å². The molecule has 0 aromatic heterocycles. The molecular formula is C20H28N2O3. The molecule has 1 aromatic carbocycles. The van der Waals surface area contributed by atoms with Crippen molar-refractivity contribution in [3.63, 3.8) is 0 Å². The van der Waals surface area contributed by atoms with Crippen LogP contribution in [-0.4, -0.2) is 42.6 Å². The molecule has 3 atom stereocenters. The first-order valence-electron chi connectivity index (χ1n) is 9.34. The Morgan fingerprint density at radius 3 is 2.64 bits per heavy atom. The van der Waals surface area contributed by atoms with Crippen LogP contribution < -0.4 is 9.47 Å². The summed E-state index contributed by atoms with van der Waals surface area (Å²) >= 11 is 0. The zero-order chi connectivity index (χ0) is 17.6. The van der Waals surface area contributed by atoms with Gasteiger partial charge >= 0.3 is 0 Å². The SMILES string of the molecule is COc1cc2c(cc1OC)[C@@H]1CC[C@]3(C)/C(=N\O)CCC[C@H]3N1CC2. The topological polar surface area (TPSA) is 54.3 Å². The van der Waals surface area contributed by atoms with Gasteiger partial charge in [-0.05, 0) is 61.8 Å². The van der Waals surface area contributed by atoms with Crippen molar-refractivity contribution in [3.05, 3.63) is 23.3 Å². The molecule has 4 rings (SSSR count). The number of rotatable bonds is 2. The maximum absolute atomic E-state index is 9.51. The molecule has 5 nitrogen and oxygen atoms in total. The Labute approximate surface area is 149 Å². The fraction of sp³-hybridized carbons (Fsp3) is 0.650. The van der Waals surface area contributed by atoms with Crippen molar-refractivity contribution < 1.29 is 14.7 Å². The predicted molar refractivity (Wildman–Crippen MR) is 96.9 cm³/mol. The lowest BCUT2D eigenvalue weighted by Gasteiger charge is -2.56. The fourth-order valence-corrected chi connectivity index (χ4v) is 5.44. The maximum atomic E-state index is 9.51. The molecule has 25 heavy (non-hydrogen) atoms. The van der Waals surface area contributed by atoms with Crippen molar-refractivity contribution in [1.82, 2.24) is 4.90 Å². The molecule has 2 aliphatic heterocycles. The third-order valence-corrected chi connectivity index (χ3v) is 6.79. The summed E-state index contributed by atoms with van der Waals surface area (Å²) in [4.78, 5) is 2.67. The minimum absolute atomic E-state index is 0.0115. The van der Waals surface area contributed by atoms with Gasteiger partial charge in [-0.25, -0.2) is 0 Å². The lowest BCUT2D eigenvalue weighted by molar-refractivity contribution is -0.00236. The number of ether oxygens (including phenoxy) is 2. The van der Waals surface area contributed by atoms with Gasteiger partial charge in [0.15, 0.2) is 11.5 Å². The van der Waals surface area contributed by atoms with Gasteiger partial charge in [-0.15, -0.1) is 0 Å². The standard InChI is InChI=1S/C20H28N2O3/c1-20-9-7-15-14-12-17(25-3)16(24-2)11-13(14)8-10-22(15)19(20)6-4-5-18(20)21-23/h11-12,15,19,23H,4-10H2,1-3H3/b21-18-/t15-,19+,20+/m0/s1. The molecule has 1 aliphatic carbocycles. The van der Waals surface area contributed by atoms with Crippen LogP contribution in [0.4, 0.5) is 0 Å². The number of nitrogens with zero attached hydrogens (tertiary/aromatic N) is 2. The van der Waals surface area contributed by atoms with E-state index in [1.54, 1.807) is 14.2 Å². The first-order chi connectivity index (χ1) is 12.1. The van der Waals surface area contributed by atoms with E-state index in [1.165, 1.54) is 17.5 Å². The zero-order valence-corrected chi connectivity index (χ0v) is 15.4. The Morgan fingerprint density at radius 2 is 1.92 bits per heavy atom. The molecule has 1 N–H and O–H groups in total. The number of hydrogen-bond donors (Lipinski definition) is 1. The van der Waals surface area contributed by atoms with Gasteiger partial charge in [-0.3, -0.25) is 4.90 Å². The second-order valence-electron chi connectivity index (χ2n) is 7.82. The normalized spacial score (nSPS) is 33.3. The largest absolute Gasteiger partial charge is 0.493 e. The van der Waals surface area contributed by atoms with Gasteiger partial charge in [0, 0.05) is 24.0 Å². The highest BCUT2D eigenvalue weighted by Crippen LogP contribution is 2.52. The van der Waals surface area contributed by atoms with Crippen molar-refractivity contribution in [2.45, 2.75) is 57.5 Å². The number of piperidine rings is 1. The summed E-state index contributed by atoms with van der Waals surface area (Å²) in [5.74, 6) is 1.64. The third-order valence-electron chi connectivity index (χ3n) is 6.79. The highest BCUT2D eigenvalue weighted by molar-refractivity contribution is 5.91. The zero-order valence-electron chi connectivity index (χ0n) is 15.4. The van der Waals surface area contributed by atoms with E-state index in [2.05, 4.69) is 29.1 Å². The Balaban J connectivity index is 1.72. The van der Waals surface area contributed by atoms with E-state index in [0.29, 0.717) is 12.1 Å². The second kappa shape index (κ2) is 6.20. The van der Waals surface area contributed by atoms with Crippen LogP contribution in [0.15, 0.2) is 17.3 Å². The van der Waals surface area contributed by atoms with Gasteiger partial charge in [0.25, 0.3) is 0 Å². The van der Waals surface area contributed by atoms with Crippen molar-refractivity contribution in [2.75, 3.05) is 20.8 Å². The number of fused-ring (bicyclic) bond motifs is 5. The molecule has 0 radical (unpaired) electrons. The molecule has 0 unspecified atom stereocenters. The van der Waals surface area contributed by atoms with Crippen molar-refractivity contribution in [3.8, 4) is 11.5 Å². The lowest BCUT2D eigenvalue weighted by Crippen LogP contribution is -2.58. The van der Waals surface area contributed by atoms with E-state index in [9.17, 15) is 5.21 Å². The van der Waals surface area contributed by atoms with Crippen LogP contribution in [0.25, 0.3) is 0 Å². The highest BCUT2D eigenvalue weighted by atomic mass is 16.5. The summed E-state index contributed by atoms with van der Waals surface area (Å²) in [5, 5.41) is 13.2. The quantitative estimate of drug-likeness (QED) is 0.655. The van der Waals surface area contributed by atoms with Gasteiger partial charge < -0.3 is 14.7 Å². The van der Waals surface area contributed by atoms with Crippen LogP contribution in [0.2, 0.25) is 0 Å². The number of methoxy groups -OCH3 is 2. The Bertz CT molecular complexity index is 702. The van der Waals surface area contributed by atoms with Gasteiger partial charge in [0.05, 0.1) is 19.9 Å². The van der Waals surface area contributed by atoms with Crippen molar-refractivity contribution >= 4 is 5.71 Å². The monoisotopic (exact) mass is 344 g/mol. The number of hydrogen-bond acceptors (Lipinski definition) is 5. The van der Waals surface area contributed by atoms with Crippen molar-refractivity contribution in [2.24, 2.45) is 10.6 Å². The molecule has 2 fully saturated rings. The number of benzene rings is 1. The molecule has 5 heteroatoms. The van der Waals surface area contributed by atoms with E-state index in [-0.39, 0.29) is 5.41 Å². The molecule has 1 saturated heterocycles. The second-order valence-corrected chi connectivity index (χ2v) is 7.82. The molecule has 1 aromatic rings. The summed E-state index contributed by atoms with van der Waals surface area (Å²) in [6, 6.07) is 5.23. The fourth-order valence-electron chi connectivity index (χ4n) is 5.44. The lowest BCUT2D eigenvalue weighted by atomic mass is 9.62. The summed E-state index contributed by atoms with van der Waals surface area (Å²) in [5.41, 5.74) is 3.78. The molecule has 1 saturated carbocycles. The van der Waals surface area contributed by atoms with Gasteiger partial charge in [-0.2, -0.15) is 0 Å². The Morgan fingerprint density at radius 1 is 1.16 bits per heavy atom. The molecule has 0 bridgehead atoms. The molecule has 3 aliphatic rings. The summed E-state index contributed by atoms with van der Waals surface area (Å²) in [6.45, 7) is 3.36. The van der Waals surface area contributed by atoms with Crippen LogP contribution in [0.3, 0.4) is 0 Å². The van der Waals surface area contributed by atoms with Crippen molar-refractivity contribution in [1.29, 1.82) is 0 Å². The Hall–Kier alpha value is -1.75. The number of oxime groups is 1. The minimum atomic E-state index is 0.0115. The van der Waals surface area contributed by atoms with Crippen LogP contribution in [0.1, 0.15) is 56.2 Å². The molecule has 0 amide bonds. The van der Waals surface area contributed by atoms with Crippen LogP contribution >= 0.6 is 0 Å². The summed E-state index contributed by atoms with van der Waals surface area (Å²) < 4.78 is 11.0. The summed E-state index contributed by atoms with van der Waals surface area (Å²) in [7, 11) is 3.40. The van der Waals surface area contributed by atoms with E-state index < -0.39 is 0 Å².